The van der Waals surface area contributed by atoms with Gasteiger partial charge in [0, 0.05) is 19.1 Å². The first-order valence-corrected chi connectivity index (χ1v) is 6.95. The fourth-order valence-corrected chi connectivity index (χ4v) is 3.01. The summed E-state index contributed by atoms with van der Waals surface area (Å²) in [6.45, 7) is 0.926. The lowest BCUT2D eigenvalue weighted by Crippen LogP contribution is -2.56. The van der Waals surface area contributed by atoms with Crippen molar-refractivity contribution in [2.75, 3.05) is 32.6 Å². The predicted octanol–water partition coefficient (Wildman–Crippen LogP) is 3.13. The van der Waals surface area contributed by atoms with Crippen molar-refractivity contribution in [3.05, 3.63) is 28.8 Å². The summed E-state index contributed by atoms with van der Waals surface area (Å²) in [6.07, 6.45) is 3.71. The molecule has 0 radical (unpaired) electrons. The van der Waals surface area contributed by atoms with Gasteiger partial charge in [-0.25, -0.2) is 0 Å². The molecule has 102 valence electrons. The highest BCUT2D eigenvalue weighted by molar-refractivity contribution is 6.32. The lowest BCUT2D eigenvalue weighted by molar-refractivity contribution is 0.0683. The molecule has 4 heteroatoms. The average molecular weight is 278 g/mol. The van der Waals surface area contributed by atoms with Crippen molar-refractivity contribution in [1.29, 1.82) is 5.26 Å². The van der Waals surface area contributed by atoms with Gasteiger partial charge in [0.2, 0.25) is 0 Å². The van der Waals surface area contributed by atoms with Gasteiger partial charge in [-0.1, -0.05) is 17.7 Å². The van der Waals surface area contributed by atoms with Crippen LogP contribution in [0.2, 0.25) is 5.02 Å². The van der Waals surface area contributed by atoms with Gasteiger partial charge in [-0.2, -0.15) is 5.26 Å². The van der Waals surface area contributed by atoms with E-state index in [-0.39, 0.29) is 5.54 Å². The van der Waals surface area contributed by atoms with Crippen LogP contribution in [0.1, 0.15) is 24.8 Å². The van der Waals surface area contributed by atoms with Crippen LogP contribution in [0.25, 0.3) is 0 Å². The molecule has 0 saturated heterocycles. The van der Waals surface area contributed by atoms with E-state index >= 15 is 0 Å². The first kappa shape index (κ1) is 14.2. The number of nitrogens with zero attached hydrogens (tertiary/aromatic N) is 3. The van der Waals surface area contributed by atoms with Crippen molar-refractivity contribution in [2.45, 2.75) is 24.8 Å². The Kier molecular flexibility index (Phi) is 4.03. The Morgan fingerprint density at radius 2 is 2.00 bits per heavy atom. The first-order chi connectivity index (χ1) is 9.00. The maximum atomic E-state index is 9.26. The zero-order chi connectivity index (χ0) is 14.0. The van der Waals surface area contributed by atoms with Crippen molar-refractivity contribution in [1.82, 2.24) is 4.90 Å². The number of nitriles is 1. The van der Waals surface area contributed by atoms with Crippen LogP contribution in [0.3, 0.4) is 0 Å². The standard InChI is InChI=1S/C15H20ClN3/c1-18(2)15(8-5-9-15)11-19(3)14-7-4-6-13(16)12(14)10-17/h4,6-7H,5,8-9,11H2,1-3H3. The van der Waals surface area contributed by atoms with Gasteiger partial charge >= 0.3 is 0 Å². The van der Waals surface area contributed by atoms with Gasteiger partial charge in [0.25, 0.3) is 0 Å². The van der Waals surface area contributed by atoms with Gasteiger partial charge < -0.3 is 9.80 Å². The van der Waals surface area contributed by atoms with Gasteiger partial charge in [-0.15, -0.1) is 0 Å². The number of benzene rings is 1. The second kappa shape index (κ2) is 5.40. The molecule has 1 fully saturated rings. The van der Waals surface area contributed by atoms with E-state index in [0.29, 0.717) is 10.6 Å². The molecular weight excluding hydrogens is 258 g/mol. The lowest BCUT2D eigenvalue weighted by atomic mass is 9.75. The van der Waals surface area contributed by atoms with Crippen molar-refractivity contribution in [3.63, 3.8) is 0 Å². The van der Waals surface area contributed by atoms with Gasteiger partial charge in [-0.3, -0.25) is 0 Å². The number of halogens is 1. The molecule has 3 nitrogen and oxygen atoms in total. The Bertz CT molecular complexity index is 501. The molecule has 1 aliphatic carbocycles. The molecule has 0 amide bonds. The van der Waals surface area contributed by atoms with Crippen LogP contribution < -0.4 is 4.90 Å². The van der Waals surface area contributed by atoms with Gasteiger partial charge in [0.15, 0.2) is 0 Å². The SMILES string of the molecule is CN(CC1(N(C)C)CCC1)c1cccc(Cl)c1C#N. The number of likely N-dealkylation sites (N-methyl/N-ethyl adjacent to an activating group) is 2. The van der Waals surface area contributed by atoms with Crippen LogP contribution >= 0.6 is 11.6 Å². The summed E-state index contributed by atoms with van der Waals surface area (Å²) in [4.78, 5) is 4.47. The molecule has 0 heterocycles. The highest BCUT2D eigenvalue weighted by Gasteiger charge is 2.40. The largest absolute Gasteiger partial charge is 0.372 e. The van der Waals surface area contributed by atoms with E-state index in [4.69, 9.17) is 11.6 Å². The third kappa shape index (κ3) is 2.56. The summed E-state index contributed by atoms with van der Waals surface area (Å²) < 4.78 is 0. The normalized spacial score (nSPS) is 16.8. The summed E-state index contributed by atoms with van der Waals surface area (Å²) in [7, 11) is 6.31. The average Bonchev–Trinajstić information content (AvgIpc) is 2.32. The van der Waals surface area contributed by atoms with E-state index in [1.165, 1.54) is 19.3 Å². The molecule has 1 aromatic rings. The highest BCUT2D eigenvalue weighted by atomic mass is 35.5. The lowest BCUT2D eigenvalue weighted by Gasteiger charge is -2.49. The van der Waals surface area contributed by atoms with Crippen molar-refractivity contribution in [3.8, 4) is 6.07 Å². The molecule has 1 aromatic carbocycles. The van der Waals surface area contributed by atoms with Gasteiger partial charge in [0.05, 0.1) is 16.3 Å². The van der Waals surface area contributed by atoms with Crippen LogP contribution in [-0.4, -0.2) is 38.1 Å². The maximum absolute atomic E-state index is 9.26. The first-order valence-electron chi connectivity index (χ1n) is 6.57. The zero-order valence-electron chi connectivity index (χ0n) is 11.8. The molecule has 1 saturated carbocycles. The third-order valence-corrected chi connectivity index (χ3v) is 4.59. The van der Waals surface area contributed by atoms with Crippen LogP contribution in [0.15, 0.2) is 18.2 Å². The fraction of sp³-hybridized carbons (Fsp3) is 0.533. The van der Waals surface area contributed by atoms with E-state index in [1.54, 1.807) is 6.07 Å². The molecule has 0 aliphatic heterocycles. The molecule has 19 heavy (non-hydrogen) atoms. The Morgan fingerprint density at radius 1 is 1.32 bits per heavy atom. The molecule has 0 N–H and O–H groups in total. The molecular formula is C15H20ClN3. The van der Waals surface area contributed by atoms with Crippen LogP contribution in [0.5, 0.6) is 0 Å². The Labute approximate surface area is 120 Å². The fourth-order valence-electron chi connectivity index (χ4n) is 2.80. The molecule has 0 aromatic heterocycles. The summed E-state index contributed by atoms with van der Waals surface area (Å²) in [5.41, 5.74) is 1.73. The predicted molar refractivity (Wildman–Crippen MR) is 79.7 cm³/mol. The van der Waals surface area contributed by atoms with Gasteiger partial charge in [-0.05, 0) is 45.5 Å². The minimum absolute atomic E-state index is 0.240. The third-order valence-electron chi connectivity index (χ3n) is 4.28. The minimum Gasteiger partial charge on any atom is -0.372 e. The molecule has 0 bridgehead atoms. The summed E-state index contributed by atoms with van der Waals surface area (Å²) in [5.74, 6) is 0. The molecule has 0 unspecified atom stereocenters. The number of anilines is 1. The quantitative estimate of drug-likeness (QED) is 0.847. The molecule has 2 rings (SSSR count). The van der Waals surface area contributed by atoms with Crippen LogP contribution in [0.4, 0.5) is 5.69 Å². The topological polar surface area (TPSA) is 30.3 Å². The monoisotopic (exact) mass is 277 g/mol. The van der Waals surface area contributed by atoms with E-state index < -0.39 is 0 Å². The summed E-state index contributed by atoms with van der Waals surface area (Å²) in [5, 5.41) is 9.78. The second-order valence-corrected chi connectivity index (χ2v) is 5.98. The van der Waals surface area contributed by atoms with E-state index in [2.05, 4.69) is 30.0 Å². The van der Waals surface area contributed by atoms with E-state index in [0.717, 1.165) is 12.2 Å². The van der Waals surface area contributed by atoms with Crippen molar-refractivity contribution >= 4 is 17.3 Å². The number of hydrogen-bond acceptors (Lipinski definition) is 3. The number of rotatable bonds is 4. The highest BCUT2D eigenvalue weighted by Crippen LogP contribution is 2.38. The van der Waals surface area contributed by atoms with E-state index in [1.807, 2.05) is 19.2 Å². The summed E-state index contributed by atoms with van der Waals surface area (Å²) in [6, 6.07) is 7.84. The Balaban J connectivity index is 2.24. The number of hydrogen-bond donors (Lipinski definition) is 0. The molecule has 1 aliphatic rings. The molecule has 0 spiro atoms. The second-order valence-electron chi connectivity index (χ2n) is 5.57. The smallest absolute Gasteiger partial charge is 0.103 e. The van der Waals surface area contributed by atoms with Crippen LogP contribution in [0, 0.1) is 11.3 Å². The summed E-state index contributed by atoms with van der Waals surface area (Å²) >= 11 is 6.10. The van der Waals surface area contributed by atoms with Crippen molar-refractivity contribution < 1.29 is 0 Å². The minimum atomic E-state index is 0.240. The molecule has 0 atom stereocenters. The van der Waals surface area contributed by atoms with Gasteiger partial charge in [0.1, 0.15) is 6.07 Å². The van der Waals surface area contributed by atoms with Crippen molar-refractivity contribution in [2.24, 2.45) is 0 Å². The van der Waals surface area contributed by atoms with E-state index in [9.17, 15) is 5.26 Å². The maximum Gasteiger partial charge on any atom is 0.103 e. The van der Waals surface area contributed by atoms with Crippen LogP contribution in [-0.2, 0) is 0 Å². The zero-order valence-corrected chi connectivity index (χ0v) is 12.5. The Morgan fingerprint density at radius 3 is 2.47 bits per heavy atom. The Hall–Kier alpha value is -1.24.